The van der Waals surface area contributed by atoms with Crippen molar-refractivity contribution in [3.8, 4) is 0 Å². The van der Waals surface area contributed by atoms with Crippen LogP contribution in [0.25, 0.3) is 0 Å². The summed E-state index contributed by atoms with van der Waals surface area (Å²) in [6.45, 7) is 1.75. The van der Waals surface area contributed by atoms with E-state index in [-0.39, 0.29) is 11.3 Å². The van der Waals surface area contributed by atoms with Gasteiger partial charge < -0.3 is 10.8 Å². The van der Waals surface area contributed by atoms with Crippen molar-refractivity contribution in [2.45, 2.75) is 16.7 Å². The Bertz CT molecular complexity index is 686. The third-order valence-electron chi connectivity index (χ3n) is 2.66. The van der Waals surface area contributed by atoms with Crippen LogP contribution >= 0.6 is 11.8 Å². The van der Waals surface area contributed by atoms with Gasteiger partial charge in [0.2, 0.25) is 0 Å². The van der Waals surface area contributed by atoms with Crippen LogP contribution in [0.3, 0.4) is 0 Å². The summed E-state index contributed by atoms with van der Waals surface area (Å²) < 4.78 is 0. The molecule has 0 aliphatic carbocycles. The highest BCUT2D eigenvalue weighted by atomic mass is 32.2. The number of aromatic carboxylic acids is 1. The molecule has 0 radical (unpaired) electrons. The number of aromatic nitrogens is 1. The SMILES string of the molecule is Cc1ccc(Sc2ccnc(C(N)=O)c2)cc1C(=O)O. The fourth-order valence-electron chi connectivity index (χ4n) is 1.64. The van der Waals surface area contributed by atoms with Crippen molar-refractivity contribution < 1.29 is 14.7 Å². The van der Waals surface area contributed by atoms with Crippen LogP contribution in [0.15, 0.2) is 46.3 Å². The Morgan fingerprint density at radius 2 is 1.90 bits per heavy atom. The predicted molar refractivity (Wildman–Crippen MR) is 75.0 cm³/mol. The van der Waals surface area contributed by atoms with Gasteiger partial charge in [-0.1, -0.05) is 17.8 Å². The lowest BCUT2D eigenvalue weighted by Gasteiger charge is -2.06. The van der Waals surface area contributed by atoms with E-state index >= 15 is 0 Å². The minimum absolute atomic E-state index is 0.181. The summed E-state index contributed by atoms with van der Waals surface area (Å²) in [7, 11) is 0. The summed E-state index contributed by atoms with van der Waals surface area (Å²) in [6.07, 6.45) is 1.49. The number of carboxylic acid groups (broad SMARTS) is 1. The third kappa shape index (κ3) is 3.16. The topological polar surface area (TPSA) is 93.3 Å². The molecule has 0 bridgehead atoms. The van der Waals surface area contributed by atoms with E-state index in [2.05, 4.69) is 4.98 Å². The first kappa shape index (κ1) is 14.1. The molecule has 102 valence electrons. The van der Waals surface area contributed by atoms with Crippen LogP contribution in [-0.2, 0) is 0 Å². The van der Waals surface area contributed by atoms with Crippen molar-refractivity contribution in [2.24, 2.45) is 5.73 Å². The van der Waals surface area contributed by atoms with E-state index in [9.17, 15) is 9.59 Å². The number of carbonyl (C=O) groups is 2. The summed E-state index contributed by atoms with van der Waals surface area (Å²) in [5.41, 5.74) is 6.32. The number of amides is 1. The molecule has 1 aromatic heterocycles. The number of hydrogen-bond acceptors (Lipinski definition) is 4. The Morgan fingerprint density at radius 1 is 1.20 bits per heavy atom. The van der Waals surface area contributed by atoms with Gasteiger partial charge in [0.25, 0.3) is 5.91 Å². The Labute approximate surface area is 119 Å². The van der Waals surface area contributed by atoms with E-state index in [1.807, 2.05) is 6.07 Å². The molecular formula is C14H12N2O3S. The van der Waals surface area contributed by atoms with E-state index in [4.69, 9.17) is 10.8 Å². The van der Waals surface area contributed by atoms with Crippen molar-refractivity contribution in [2.75, 3.05) is 0 Å². The first-order valence-corrected chi connectivity index (χ1v) is 6.56. The largest absolute Gasteiger partial charge is 0.478 e. The summed E-state index contributed by atoms with van der Waals surface area (Å²) in [5, 5.41) is 9.09. The van der Waals surface area contributed by atoms with Crippen LogP contribution in [0.5, 0.6) is 0 Å². The number of aryl methyl sites for hydroxylation is 1. The number of benzene rings is 1. The molecule has 6 heteroatoms. The minimum atomic E-state index is -0.961. The van der Waals surface area contributed by atoms with E-state index in [1.165, 1.54) is 18.0 Å². The molecule has 0 fully saturated rings. The molecule has 3 N–H and O–H groups in total. The fourth-order valence-corrected chi connectivity index (χ4v) is 2.52. The van der Waals surface area contributed by atoms with Crippen molar-refractivity contribution in [1.82, 2.24) is 4.98 Å². The summed E-state index contributed by atoms with van der Waals surface area (Å²) in [6, 6.07) is 8.50. The highest BCUT2D eigenvalue weighted by Gasteiger charge is 2.09. The Morgan fingerprint density at radius 3 is 2.55 bits per heavy atom. The predicted octanol–water partition coefficient (Wildman–Crippen LogP) is 2.34. The first-order chi connectivity index (χ1) is 9.47. The summed E-state index contributed by atoms with van der Waals surface area (Å²) >= 11 is 1.35. The van der Waals surface area contributed by atoms with Crippen LogP contribution in [0.1, 0.15) is 26.4 Å². The van der Waals surface area contributed by atoms with Crippen LogP contribution in [0, 0.1) is 6.92 Å². The van der Waals surface area contributed by atoms with Crippen LogP contribution in [-0.4, -0.2) is 22.0 Å². The molecule has 2 aromatic rings. The molecule has 0 aliphatic rings. The lowest BCUT2D eigenvalue weighted by Crippen LogP contribution is -2.12. The van der Waals surface area contributed by atoms with Gasteiger partial charge in [-0.3, -0.25) is 9.78 Å². The van der Waals surface area contributed by atoms with Gasteiger partial charge in [0, 0.05) is 16.0 Å². The average molecular weight is 288 g/mol. The highest BCUT2D eigenvalue weighted by molar-refractivity contribution is 7.99. The first-order valence-electron chi connectivity index (χ1n) is 5.75. The zero-order valence-corrected chi connectivity index (χ0v) is 11.5. The Kier molecular flexibility index (Phi) is 4.05. The molecule has 20 heavy (non-hydrogen) atoms. The third-order valence-corrected chi connectivity index (χ3v) is 3.64. The molecule has 1 amide bonds. The van der Waals surface area contributed by atoms with Gasteiger partial charge in [-0.25, -0.2) is 4.79 Å². The second kappa shape index (κ2) is 5.75. The van der Waals surface area contributed by atoms with Crippen molar-refractivity contribution in [3.05, 3.63) is 53.3 Å². The Balaban J connectivity index is 2.30. The molecule has 5 nitrogen and oxygen atoms in total. The number of nitrogens with two attached hydrogens (primary N) is 1. The standard InChI is InChI=1S/C14H12N2O3S/c1-8-2-3-9(6-11(8)14(18)19)20-10-4-5-16-12(7-10)13(15)17/h2-7H,1H3,(H2,15,17)(H,18,19). The highest BCUT2D eigenvalue weighted by Crippen LogP contribution is 2.29. The van der Waals surface area contributed by atoms with Gasteiger partial charge in [-0.2, -0.15) is 0 Å². The van der Waals surface area contributed by atoms with Crippen molar-refractivity contribution in [1.29, 1.82) is 0 Å². The molecule has 0 atom stereocenters. The minimum Gasteiger partial charge on any atom is -0.478 e. The maximum absolute atomic E-state index is 11.1. The zero-order valence-electron chi connectivity index (χ0n) is 10.7. The molecule has 0 spiro atoms. The number of primary amides is 1. The maximum atomic E-state index is 11.1. The zero-order chi connectivity index (χ0) is 14.7. The number of rotatable bonds is 4. The number of carboxylic acids is 1. The second-order valence-electron chi connectivity index (χ2n) is 4.12. The smallest absolute Gasteiger partial charge is 0.335 e. The van der Waals surface area contributed by atoms with Gasteiger partial charge >= 0.3 is 5.97 Å². The number of carbonyl (C=O) groups excluding carboxylic acids is 1. The molecule has 0 aliphatic heterocycles. The number of hydrogen-bond donors (Lipinski definition) is 2. The summed E-state index contributed by atoms with van der Waals surface area (Å²) in [4.78, 5) is 27.6. The molecular weight excluding hydrogens is 276 g/mol. The van der Waals surface area contributed by atoms with Gasteiger partial charge in [0.15, 0.2) is 0 Å². The lowest BCUT2D eigenvalue weighted by molar-refractivity contribution is 0.0695. The molecule has 0 saturated carbocycles. The van der Waals surface area contributed by atoms with Gasteiger partial charge in [0.1, 0.15) is 5.69 Å². The van der Waals surface area contributed by atoms with E-state index < -0.39 is 11.9 Å². The second-order valence-corrected chi connectivity index (χ2v) is 5.27. The van der Waals surface area contributed by atoms with Gasteiger partial charge in [-0.05, 0) is 36.8 Å². The maximum Gasteiger partial charge on any atom is 0.335 e. The molecule has 0 saturated heterocycles. The van der Waals surface area contributed by atoms with E-state index in [1.54, 1.807) is 31.2 Å². The Hall–Kier alpha value is -2.34. The molecule has 1 heterocycles. The van der Waals surface area contributed by atoms with Crippen molar-refractivity contribution in [3.63, 3.8) is 0 Å². The van der Waals surface area contributed by atoms with Gasteiger partial charge in [-0.15, -0.1) is 0 Å². The van der Waals surface area contributed by atoms with Gasteiger partial charge in [0.05, 0.1) is 5.56 Å². The average Bonchev–Trinajstić information content (AvgIpc) is 2.41. The van der Waals surface area contributed by atoms with Crippen LogP contribution < -0.4 is 5.73 Å². The number of nitrogens with zero attached hydrogens (tertiary/aromatic N) is 1. The lowest BCUT2D eigenvalue weighted by atomic mass is 10.1. The number of pyridine rings is 1. The van der Waals surface area contributed by atoms with Crippen molar-refractivity contribution >= 4 is 23.6 Å². The van der Waals surface area contributed by atoms with E-state index in [0.717, 1.165) is 9.79 Å². The monoisotopic (exact) mass is 288 g/mol. The fraction of sp³-hybridized carbons (Fsp3) is 0.0714. The quantitative estimate of drug-likeness (QED) is 0.900. The van der Waals surface area contributed by atoms with Crippen LogP contribution in [0.2, 0.25) is 0 Å². The molecule has 1 aromatic carbocycles. The molecule has 0 unspecified atom stereocenters. The van der Waals surface area contributed by atoms with Crippen LogP contribution in [0.4, 0.5) is 0 Å². The normalized spacial score (nSPS) is 10.2. The van der Waals surface area contributed by atoms with E-state index in [0.29, 0.717) is 5.56 Å². The summed E-state index contributed by atoms with van der Waals surface area (Å²) in [5.74, 6) is -1.56. The molecule has 2 rings (SSSR count).